The summed E-state index contributed by atoms with van der Waals surface area (Å²) in [6, 6.07) is 6.73. The van der Waals surface area contributed by atoms with E-state index in [-0.39, 0.29) is 5.70 Å². The van der Waals surface area contributed by atoms with Crippen LogP contribution >= 0.6 is 0 Å². The van der Waals surface area contributed by atoms with Crippen LogP contribution in [-0.2, 0) is 17.6 Å². The fourth-order valence-electron chi connectivity index (χ4n) is 5.50. The molecule has 1 aromatic rings. The Hall–Kier alpha value is -3.24. The zero-order valence-corrected chi connectivity index (χ0v) is 18.1. The summed E-state index contributed by atoms with van der Waals surface area (Å²) in [6.07, 6.45) is 13.8. The first-order chi connectivity index (χ1) is 15.2. The molecule has 4 nitrogen and oxygen atoms in total. The summed E-state index contributed by atoms with van der Waals surface area (Å²) in [5.41, 5.74) is 7.57. The van der Waals surface area contributed by atoms with E-state index in [4.69, 9.17) is 11.3 Å². The normalized spacial score (nSPS) is 23.9. The average molecular weight is 410 g/mol. The molecule has 1 aliphatic carbocycles. The molecule has 3 heterocycles. The van der Waals surface area contributed by atoms with Gasteiger partial charge in [0.15, 0.2) is 0 Å². The summed E-state index contributed by atoms with van der Waals surface area (Å²) in [5, 5.41) is 9.49. The lowest BCUT2D eigenvalue weighted by Gasteiger charge is -2.37. The molecule has 0 spiro atoms. The Morgan fingerprint density at radius 3 is 2.58 bits per heavy atom. The van der Waals surface area contributed by atoms with Gasteiger partial charge in [0.05, 0.1) is 12.6 Å². The van der Waals surface area contributed by atoms with Gasteiger partial charge < -0.3 is 9.64 Å². The lowest BCUT2D eigenvalue weighted by Crippen LogP contribution is -2.34. The summed E-state index contributed by atoms with van der Waals surface area (Å²) in [4.78, 5) is 6.05. The third-order valence-electron chi connectivity index (χ3n) is 6.92. The molecule has 0 bridgehead atoms. The maximum absolute atomic E-state index is 9.49. The second-order valence-corrected chi connectivity index (χ2v) is 8.99. The third-order valence-corrected chi connectivity index (χ3v) is 6.92. The Balaban J connectivity index is 1.50. The van der Waals surface area contributed by atoms with Crippen LogP contribution < -0.4 is 4.90 Å². The van der Waals surface area contributed by atoms with E-state index in [2.05, 4.69) is 40.9 Å². The van der Waals surface area contributed by atoms with Crippen LogP contribution in [0.2, 0.25) is 0 Å². The van der Waals surface area contributed by atoms with Crippen molar-refractivity contribution in [1.82, 2.24) is 0 Å². The van der Waals surface area contributed by atoms with Crippen LogP contribution in [0, 0.1) is 23.8 Å². The van der Waals surface area contributed by atoms with Crippen LogP contribution in [0.25, 0.3) is 10.9 Å². The molecule has 0 amide bonds. The topological polar surface area (TPSA) is 40.6 Å². The second-order valence-electron chi connectivity index (χ2n) is 8.99. The number of rotatable bonds is 2. The van der Waals surface area contributed by atoms with E-state index < -0.39 is 0 Å². The number of aryl methyl sites for hydroxylation is 2. The standard InChI is InChI=1S/C27H27N3O/c1-18-6-3-9-23-24(25(17-28)29-2)16-22(31-27(18)23)11-10-19-14-20-7-4-12-30-13-5-8-21(15-19)26(20)30/h10-11,14-16,18H,3-9,12-13H2,1H3/b11-10+,25-24-. The fraction of sp³-hybridized carbons (Fsp3) is 0.407. The minimum Gasteiger partial charge on any atom is -0.461 e. The predicted molar refractivity (Wildman–Crippen MR) is 123 cm³/mol. The van der Waals surface area contributed by atoms with Gasteiger partial charge in [-0.2, -0.15) is 0 Å². The van der Waals surface area contributed by atoms with Gasteiger partial charge in [-0.3, -0.25) is 0 Å². The molecule has 0 fully saturated rings. The summed E-state index contributed by atoms with van der Waals surface area (Å²) in [7, 11) is 0. The molecular weight excluding hydrogens is 382 g/mol. The molecule has 1 atom stereocenters. The summed E-state index contributed by atoms with van der Waals surface area (Å²) in [5.74, 6) is 1.96. The lowest BCUT2D eigenvalue weighted by atomic mass is 9.84. The molecule has 0 N–H and O–H groups in total. The van der Waals surface area contributed by atoms with E-state index in [9.17, 15) is 5.26 Å². The van der Waals surface area contributed by atoms with Crippen LogP contribution in [0.15, 0.2) is 52.6 Å². The lowest BCUT2D eigenvalue weighted by molar-refractivity contribution is 0.243. The van der Waals surface area contributed by atoms with E-state index >= 15 is 0 Å². The van der Waals surface area contributed by atoms with Crippen LogP contribution in [0.1, 0.15) is 55.7 Å². The number of anilines is 1. The fourth-order valence-corrected chi connectivity index (χ4v) is 5.50. The van der Waals surface area contributed by atoms with E-state index in [1.807, 2.05) is 12.2 Å². The highest BCUT2D eigenvalue weighted by molar-refractivity contribution is 5.68. The van der Waals surface area contributed by atoms with Gasteiger partial charge in [0.25, 0.3) is 5.70 Å². The highest BCUT2D eigenvalue weighted by Gasteiger charge is 2.29. The molecular formula is C27H27N3O. The van der Waals surface area contributed by atoms with Crippen molar-refractivity contribution >= 4 is 11.8 Å². The Bertz CT molecular complexity index is 1090. The number of allylic oxidation sites excluding steroid dienone is 6. The molecule has 0 radical (unpaired) electrons. The Morgan fingerprint density at radius 2 is 1.90 bits per heavy atom. The van der Waals surface area contributed by atoms with Crippen LogP contribution in [0.5, 0.6) is 0 Å². The summed E-state index contributed by atoms with van der Waals surface area (Å²) >= 11 is 0. The average Bonchev–Trinajstić information content (AvgIpc) is 2.79. The maximum Gasteiger partial charge on any atom is 0.269 e. The van der Waals surface area contributed by atoms with Gasteiger partial charge in [-0.1, -0.05) is 13.0 Å². The van der Waals surface area contributed by atoms with Crippen molar-refractivity contribution in [2.24, 2.45) is 5.92 Å². The Labute approximate surface area is 184 Å². The van der Waals surface area contributed by atoms with Crippen molar-refractivity contribution in [3.8, 4) is 6.07 Å². The third kappa shape index (κ3) is 3.57. The van der Waals surface area contributed by atoms with Gasteiger partial charge in [-0.15, -0.1) is 0 Å². The van der Waals surface area contributed by atoms with Crippen molar-refractivity contribution in [3.05, 3.63) is 80.8 Å². The molecule has 0 saturated carbocycles. The highest BCUT2D eigenvalue weighted by Crippen LogP contribution is 2.41. The number of benzene rings is 1. The van der Waals surface area contributed by atoms with Crippen molar-refractivity contribution in [3.63, 3.8) is 0 Å². The monoisotopic (exact) mass is 409 g/mol. The SMILES string of the molecule is [C-]#[N+]/C(C#N)=C1C=C(/C=C/c2cc3c4c(c2)CCCN4CCC3)OC2=C/1CCCC2C. The minimum absolute atomic E-state index is 0.161. The van der Waals surface area contributed by atoms with Crippen molar-refractivity contribution in [1.29, 1.82) is 5.26 Å². The molecule has 31 heavy (non-hydrogen) atoms. The van der Waals surface area contributed by atoms with Crippen molar-refractivity contribution < 1.29 is 4.74 Å². The van der Waals surface area contributed by atoms with Crippen molar-refractivity contribution in [2.45, 2.75) is 51.9 Å². The molecule has 1 aromatic carbocycles. The molecule has 1 unspecified atom stereocenters. The number of hydrogen-bond donors (Lipinski definition) is 0. The van der Waals surface area contributed by atoms with Crippen LogP contribution in [-0.4, -0.2) is 13.1 Å². The van der Waals surface area contributed by atoms with Gasteiger partial charge in [-0.25, -0.2) is 10.1 Å². The van der Waals surface area contributed by atoms with Gasteiger partial charge in [0.2, 0.25) is 0 Å². The summed E-state index contributed by atoms with van der Waals surface area (Å²) < 4.78 is 6.29. The van der Waals surface area contributed by atoms with E-state index in [1.165, 1.54) is 48.3 Å². The molecule has 0 saturated heterocycles. The van der Waals surface area contributed by atoms with E-state index in [1.54, 1.807) is 0 Å². The number of ether oxygens (including phenoxy) is 1. The number of nitrogens with zero attached hydrogens (tertiary/aromatic N) is 3. The van der Waals surface area contributed by atoms with Gasteiger partial charge in [0, 0.05) is 30.3 Å². The number of hydrogen-bond acceptors (Lipinski definition) is 3. The Morgan fingerprint density at radius 1 is 1.16 bits per heavy atom. The molecule has 4 aliphatic rings. The molecule has 0 aromatic heterocycles. The molecule has 3 aliphatic heterocycles. The second kappa shape index (κ2) is 8.12. The first kappa shape index (κ1) is 19.7. The van der Waals surface area contributed by atoms with E-state index in [0.29, 0.717) is 11.7 Å². The molecule has 4 heteroatoms. The van der Waals surface area contributed by atoms with Gasteiger partial charge in [-0.05, 0) is 91.5 Å². The molecule has 156 valence electrons. The quantitative estimate of drug-likeness (QED) is 0.439. The first-order valence-electron chi connectivity index (χ1n) is 11.4. The zero-order valence-electron chi connectivity index (χ0n) is 18.1. The van der Waals surface area contributed by atoms with Gasteiger partial charge >= 0.3 is 0 Å². The molecule has 5 rings (SSSR count). The largest absolute Gasteiger partial charge is 0.461 e. The number of nitriles is 1. The van der Waals surface area contributed by atoms with E-state index in [0.717, 1.165) is 49.0 Å². The predicted octanol–water partition coefficient (Wildman–Crippen LogP) is 6.08. The minimum atomic E-state index is 0.161. The van der Waals surface area contributed by atoms with Crippen molar-refractivity contribution in [2.75, 3.05) is 18.0 Å². The highest BCUT2D eigenvalue weighted by atomic mass is 16.5. The first-order valence-corrected chi connectivity index (χ1v) is 11.4. The maximum atomic E-state index is 9.49. The smallest absolute Gasteiger partial charge is 0.269 e. The summed E-state index contributed by atoms with van der Waals surface area (Å²) in [6.45, 7) is 12.0. The van der Waals surface area contributed by atoms with Crippen LogP contribution in [0.3, 0.4) is 0 Å². The van der Waals surface area contributed by atoms with Gasteiger partial charge in [0.1, 0.15) is 11.5 Å². The Kier molecular flexibility index (Phi) is 5.16. The van der Waals surface area contributed by atoms with Crippen LogP contribution in [0.4, 0.5) is 5.69 Å². The zero-order chi connectivity index (χ0) is 21.4.